The van der Waals surface area contributed by atoms with Crippen molar-refractivity contribution in [2.75, 3.05) is 32.8 Å². The monoisotopic (exact) mass is 497 g/mol. The van der Waals surface area contributed by atoms with Crippen molar-refractivity contribution in [3.05, 3.63) is 34.3 Å². The van der Waals surface area contributed by atoms with Gasteiger partial charge in [0, 0.05) is 17.2 Å². The van der Waals surface area contributed by atoms with Gasteiger partial charge in [-0.2, -0.15) is 10.2 Å². The summed E-state index contributed by atoms with van der Waals surface area (Å²) in [5, 5.41) is 11.1. The van der Waals surface area contributed by atoms with Gasteiger partial charge in [-0.1, -0.05) is 23.2 Å². The zero-order valence-electron chi connectivity index (χ0n) is 18.9. The van der Waals surface area contributed by atoms with Gasteiger partial charge in [-0.15, -0.1) is 0 Å². The van der Waals surface area contributed by atoms with Gasteiger partial charge in [-0.3, -0.25) is 9.59 Å². The number of ketones is 1. The second-order valence-electron chi connectivity index (χ2n) is 6.50. The molecule has 178 valence electrons. The van der Waals surface area contributed by atoms with E-state index >= 15 is 0 Å². The second-order valence-corrected chi connectivity index (χ2v) is 7.31. The molecule has 0 aliphatic carbocycles. The van der Waals surface area contributed by atoms with Crippen molar-refractivity contribution in [1.82, 2.24) is 0 Å². The lowest BCUT2D eigenvalue weighted by molar-refractivity contribution is -0.126. The van der Waals surface area contributed by atoms with Gasteiger partial charge in [0.05, 0.1) is 27.4 Å². The van der Waals surface area contributed by atoms with E-state index in [4.69, 9.17) is 42.1 Å². The van der Waals surface area contributed by atoms with Gasteiger partial charge in [0.25, 0.3) is 5.91 Å². The standard InChI is InChI=1S/C22H25Cl2N3O6/c1-6-32-16-10-13(23)11-17(33-7-2)20(16)25-22(29)19(12(3)28)27-26-14-8-9-15(30-4)21(31-5)18(14)24/h8-11,19H,6-7H2,1-5H3,(H,25,29). The summed E-state index contributed by atoms with van der Waals surface area (Å²) in [4.78, 5) is 25.2. The molecule has 0 bridgehead atoms. The Labute approximate surface area is 202 Å². The summed E-state index contributed by atoms with van der Waals surface area (Å²) < 4.78 is 21.6. The highest BCUT2D eigenvalue weighted by Crippen LogP contribution is 2.42. The summed E-state index contributed by atoms with van der Waals surface area (Å²) in [7, 11) is 2.89. The smallest absolute Gasteiger partial charge is 0.259 e. The number of Topliss-reactive ketones (excluding diaryl/α,β-unsaturated/α-hetero) is 1. The van der Waals surface area contributed by atoms with E-state index < -0.39 is 17.7 Å². The Bertz CT molecular complexity index is 1020. The number of anilines is 1. The van der Waals surface area contributed by atoms with Crippen LogP contribution in [-0.2, 0) is 9.59 Å². The molecular formula is C22H25Cl2N3O6. The fourth-order valence-electron chi connectivity index (χ4n) is 2.81. The third kappa shape index (κ3) is 6.49. The van der Waals surface area contributed by atoms with Crippen LogP contribution in [0.3, 0.4) is 0 Å². The summed E-state index contributed by atoms with van der Waals surface area (Å²) in [6.07, 6.45) is 0. The fourth-order valence-corrected chi connectivity index (χ4v) is 3.28. The van der Waals surface area contributed by atoms with Crippen molar-refractivity contribution in [2.45, 2.75) is 26.8 Å². The summed E-state index contributed by atoms with van der Waals surface area (Å²) in [6, 6.07) is 4.74. The van der Waals surface area contributed by atoms with E-state index in [-0.39, 0.29) is 22.1 Å². The number of ether oxygens (including phenoxy) is 4. The first-order valence-electron chi connectivity index (χ1n) is 9.99. The van der Waals surface area contributed by atoms with Gasteiger partial charge in [0.1, 0.15) is 27.9 Å². The molecule has 0 aliphatic heterocycles. The first-order valence-corrected chi connectivity index (χ1v) is 10.7. The molecule has 0 saturated carbocycles. The minimum Gasteiger partial charge on any atom is -0.493 e. The fraction of sp³-hybridized carbons (Fsp3) is 0.364. The maximum atomic E-state index is 13.0. The maximum Gasteiger partial charge on any atom is 0.259 e. The van der Waals surface area contributed by atoms with Gasteiger partial charge < -0.3 is 24.3 Å². The van der Waals surface area contributed by atoms with Crippen molar-refractivity contribution in [3.63, 3.8) is 0 Å². The summed E-state index contributed by atoms with van der Waals surface area (Å²) >= 11 is 12.4. The van der Waals surface area contributed by atoms with E-state index in [1.54, 1.807) is 19.9 Å². The SMILES string of the molecule is CCOc1cc(Cl)cc(OCC)c1NC(=O)C(N=Nc1ccc(OC)c(OC)c1Cl)C(C)=O. The lowest BCUT2D eigenvalue weighted by Gasteiger charge is -2.18. The maximum absolute atomic E-state index is 13.0. The highest BCUT2D eigenvalue weighted by Gasteiger charge is 2.26. The van der Waals surface area contributed by atoms with Crippen LogP contribution in [0.5, 0.6) is 23.0 Å². The van der Waals surface area contributed by atoms with Crippen LogP contribution in [-0.4, -0.2) is 45.2 Å². The van der Waals surface area contributed by atoms with Crippen LogP contribution < -0.4 is 24.3 Å². The molecule has 33 heavy (non-hydrogen) atoms. The minimum atomic E-state index is -1.45. The van der Waals surface area contributed by atoms with Gasteiger partial charge >= 0.3 is 0 Å². The van der Waals surface area contributed by atoms with Gasteiger partial charge in [0.2, 0.25) is 6.04 Å². The Morgan fingerprint density at radius 2 is 1.61 bits per heavy atom. The van der Waals surface area contributed by atoms with Crippen LogP contribution in [0, 0.1) is 0 Å². The molecule has 0 saturated heterocycles. The topological polar surface area (TPSA) is 108 Å². The first-order chi connectivity index (χ1) is 15.8. The van der Waals surface area contributed by atoms with Gasteiger partial charge in [0.15, 0.2) is 17.3 Å². The Balaban J connectivity index is 2.39. The highest BCUT2D eigenvalue weighted by molar-refractivity contribution is 6.34. The first kappa shape index (κ1) is 26.2. The Morgan fingerprint density at radius 1 is 1.00 bits per heavy atom. The number of carbonyl (C=O) groups excluding carboxylic acids is 2. The zero-order chi connectivity index (χ0) is 24.5. The predicted octanol–water partition coefficient (Wildman–Crippen LogP) is 5.49. The van der Waals surface area contributed by atoms with Crippen molar-refractivity contribution in [3.8, 4) is 23.0 Å². The molecule has 1 atom stereocenters. The van der Waals surface area contributed by atoms with Crippen molar-refractivity contribution in [1.29, 1.82) is 0 Å². The van der Waals surface area contributed by atoms with Crippen LogP contribution in [0.25, 0.3) is 0 Å². The third-order valence-electron chi connectivity index (χ3n) is 4.26. The number of halogens is 2. The third-order valence-corrected chi connectivity index (χ3v) is 4.84. The molecule has 0 radical (unpaired) electrons. The van der Waals surface area contributed by atoms with E-state index in [1.165, 1.54) is 39.3 Å². The van der Waals surface area contributed by atoms with E-state index in [1.807, 2.05) is 0 Å². The number of nitrogens with one attached hydrogen (secondary N) is 1. The Hall–Kier alpha value is -3.04. The van der Waals surface area contributed by atoms with Crippen LogP contribution in [0.4, 0.5) is 11.4 Å². The number of amides is 1. The molecule has 1 amide bonds. The van der Waals surface area contributed by atoms with Crippen LogP contribution in [0.1, 0.15) is 20.8 Å². The van der Waals surface area contributed by atoms with Crippen molar-refractivity contribution >= 4 is 46.3 Å². The van der Waals surface area contributed by atoms with Crippen LogP contribution in [0.2, 0.25) is 10.0 Å². The number of methoxy groups -OCH3 is 2. The molecule has 11 heteroatoms. The van der Waals surface area contributed by atoms with Crippen molar-refractivity contribution < 1.29 is 28.5 Å². The predicted molar refractivity (Wildman–Crippen MR) is 126 cm³/mol. The highest BCUT2D eigenvalue weighted by atomic mass is 35.5. The molecule has 2 aromatic rings. The number of hydrogen-bond donors (Lipinski definition) is 1. The zero-order valence-corrected chi connectivity index (χ0v) is 20.4. The van der Waals surface area contributed by atoms with E-state index in [0.717, 1.165) is 0 Å². The molecule has 0 aromatic heterocycles. The molecule has 0 heterocycles. The number of nitrogens with zero attached hydrogens (tertiary/aromatic N) is 2. The second kappa shape index (κ2) is 12.3. The molecule has 0 spiro atoms. The van der Waals surface area contributed by atoms with E-state index in [2.05, 4.69) is 15.5 Å². The molecule has 2 aromatic carbocycles. The molecule has 0 fully saturated rings. The number of rotatable bonds is 11. The number of benzene rings is 2. The molecule has 1 unspecified atom stereocenters. The molecule has 2 rings (SSSR count). The molecule has 0 aliphatic rings. The number of hydrogen-bond acceptors (Lipinski definition) is 8. The minimum absolute atomic E-state index is 0.123. The molecular weight excluding hydrogens is 473 g/mol. The summed E-state index contributed by atoms with van der Waals surface area (Å²) in [5.41, 5.74) is 0.434. The lowest BCUT2D eigenvalue weighted by atomic mass is 10.2. The normalized spacial score (nSPS) is 11.7. The van der Waals surface area contributed by atoms with E-state index in [0.29, 0.717) is 35.5 Å². The average molecular weight is 498 g/mol. The summed E-state index contributed by atoms with van der Waals surface area (Å²) in [5.74, 6) is -0.0157. The van der Waals surface area contributed by atoms with Gasteiger partial charge in [-0.25, -0.2) is 0 Å². The largest absolute Gasteiger partial charge is 0.493 e. The Morgan fingerprint density at radius 3 is 2.09 bits per heavy atom. The van der Waals surface area contributed by atoms with Gasteiger partial charge in [-0.05, 0) is 32.9 Å². The lowest BCUT2D eigenvalue weighted by Crippen LogP contribution is -2.32. The van der Waals surface area contributed by atoms with E-state index in [9.17, 15) is 9.59 Å². The number of azo groups is 1. The average Bonchev–Trinajstić information content (AvgIpc) is 2.77. The van der Waals surface area contributed by atoms with Crippen LogP contribution >= 0.6 is 23.2 Å². The van der Waals surface area contributed by atoms with Crippen LogP contribution in [0.15, 0.2) is 34.5 Å². The van der Waals surface area contributed by atoms with Crippen molar-refractivity contribution in [2.24, 2.45) is 10.2 Å². The summed E-state index contributed by atoms with van der Waals surface area (Å²) in [6.45, 7) is 5.44. The Kier molecular flexibility index (Phi) is 9.74. The molecule has 9 nitrogen and oxygen atoms in total. The number of carbonyl (C=O) groups is 2. The quantitative estimate of drug-likeness (QED) is 0.324. The molecule has 1 N–H and O–H groups in total.